The normalized spacial score (nSPS) is 10.4. The topological polar surface area (TPSA) is 46.3 Å². The third-order valence-electron chi connectivity index (χ3n) is 2.71. The Morgan fingerprint density at radius 1 is 1.44 bits per heavy atom. The third kappa shape index (κ3) is 4.45. The summed E-state index contributed by atoms with van der Waals surface area (Å²) in [7, 11) is 0. The monoisotopic (exact) mass is 264 g/mol. The van der Waals surface area contributed by atoms with Gasteiger partial charge in [0.2, 0.25) is 5.91 Å². The Morgan fingerprint density at radius 2 is 2.11 bits per heavy atom. The van der Waals surface area contributed by atoms with Gasteiger partial charge in [-0.3, -0.25) is 4.79 Å². The summed E-state index contributed by atoms with van der Waals surface area (Å²) in [4.78, 5) is 14.3. The molecule has 0 saturated heterocycles. The van der Waals surface area contributed by atoms with Gasteiger partial charge < -0.3 is 10.6 Å². The Bertz CT molecular complexity index is 443. The minimum Gasteiger partial charge on any atom is -0.392 e. The number of benzene rings is 1. The maximum atomic E-state index is 12.2. The minimum absolute atomic E-state index is 0.0587. The molecule has 1 rings (SSSR count). The maximum Gasteiger partial charge on any atom is 0.227 e. The van der Waals surface area contributed by atoms with E-state index in [1.165, 1.54) is 0 Å². The van der Waals surface area contributed by atoms with Crippen LogP contribution in [0.25, 0.3) is 0 Å². The number of thiocarbonyl (C=S) groups is 1. The van der Waals surface area contributed by atoms with Crippen LogP contribution in [-0.2, 0) is 11.2 Å². The number of carbonyl (C=O) groups is 1. The first-order valence-electron chi connectivity index (χ1n) is 6.03. The van der Waals surface area contributed by atoms with Crippen molar-refractivity contribution in [2.75, 3.05) is 6.54 Å². The molecule has 0 unspecified atom stereocenters. The molecule has 3 nitrogen and oxygen atoms in total. The highest BCUT2D eigenvalue weighted by Gasteiger charge is 2.17. The fraction of sp³-hybridized carbons (Fsp3) is 0.429. The van der Waals surface area contributed by atoms with Crippen molar-refractivity contribution in [3.63, 3.8) is 0 Å². The molecule has 98 valence electrons. The van der Waals surface area contributed by atoms with Crippen LogP contribution in [0.3, 0.4) is 0 Å². The average Bonchev–Trinajstić information content (AvgIpc) is 2.25. The molecule has 0 aliphatic carbocycles. The van der Waals surface area contributed by atoms with E-state index < -0.39 is 0 Å². The van der Waals surface area contributed by atoms with Gasteiger partial charge >= 0.3 is 0 Å². The molecule has 0 atom stereocenters. The molecular weight excluding hydrogens is 244 g/mol. The highest BCUT2D eigenvalue weighted by atomic mass is 32.1. The van der Waals surface area contributed by atoms with E-state index in [1.54, 1.807) is 4.90 Å². The predicted octanol–water partition coefficient (Wildman–Crippen LogP) is 2.06. The lowest BCUT2D eigenvalue weighted by molar-refractivity contribution is -0.131. The molecule has 0 aliphatic rings. The molecule has 1 amide bonds. The van der Waals surface area contributed by atoms with Crippen molar-refractivity contribution in [1.82, 2.24) is 4.90 Å². The quantitative estimate of drug-likeness (QED) is 0.828. The summed E-state index contributed by atoms with van der Waals surface area (Å²) in [6, 6.07) is 8.07. The van der Waals surface area contributed by atoms with Gasteiger partial charge in [0.25, 0.3) is 0 Å². The first-order valence-corrected chi connectivity index (χ1v) is 6.44. The van der Waals surface area contributed by atoms with E-state index in [1.807, 2.05) is 45.0 Å². The molecule has 0 spiro atoms. The zero-order valence-corrected chi connectivity index (χ0v) is 12.0. The van der Waals surface area contributed by atoms with Crippen molar-refractivity contribution in [2.24, 2.45) is 5.73 Å². The van der Waals surface area contributed by atoms with E-state index in [4.69, 9.17) is 18.0 Å². The summed E-state index contributed by atoms with van der Waals surface area (Å²) in [6.45, 7) is 6.29. The Kier molecular flexibility index (Phi) is 5.28. The summed E-state index contributed by atoms with van der Waals surface area (Å²) >= 11 is 4.88. The van der Waals surface area contributed by atoms with E-state index in [0.29, 0.717) is 18.0 Å². The second-order valence-electron chi connectivity index (χ2n) is 4.75. The first kappa shape index (κ1) is 14.6. The standard InChI is InChI=1S/C14H20N2OS/c1-10(2)16(9-13(15)18)14(17)8-12-6-4-5-11(3)7-12/h4-7,10H,8-9H2,1-3H3,(H2,15,18). The molecule has 18 heavy (non-hydrogen) atoms. The molecule has 1 aromatic rings. The van der Waals surface area contributed by atoms with Crippen molar-refractivity contribution < 1.29 is 4.79 Å². The molecule has 0 saturated carbocycles. The number of rotatable bonds is 5. The Hall–Kier alpha value is -1.42. The van der Waals surface area contributed by atoms with Gasteiger partial charge in [-0.05, 0) is 26.3 Å². The maximum absolute atomic E-state index is 12.2. The molecule has 0 heterocycles. The van der Waals surface area contributed by atoms with E-state index in [0.717, 1.165) is 11.1 Å². The molecule has 4 heteroatoms. The molecule has 0 radical (unpaired) electrons. The zero-order chi connectivity index (χ0) is 13.7. The SMILES string of the molecule is Cc1cccc(CC(=O)N(CC(N)=S)C(C)C)c1. The number of amides is 1. The van der Waals surface area contributed by atoms with Crippen LogP contribution in [0.15, 0.2) is 24.3 Å². The highest BCUT2D eigenvalue weighted by molar-refractivity contribution is 7.80. The van der Waals surface area contributed by atoms with Gasteiger partial charge in [0.1, 0.15) is 0 Å². The van der Waals surface area contributed by atoms with Crippen LogP contribution in [-0.4, -0.2) is 28.4 Å². The van der Waals surface area contributed by atoms with Crippen LogP contribution in [0.1, 0.15) is 25.0 Å². The lowest BCUT2D eigenvalue weighted by Crippen LogP contribution is -2.42. The molecule has 0 aromatic heterocycles. The Balaban J connectivity index is 2.75. The van der Waals surface area contributed by atoms with Crippen molar-refractivity contribution in [3.8, 4) is 0 Å². The van der Waals surface area contributed by atoms with E-state index >= 15 is 0 Å². The van der Waals surface area contributed by atoms with Crippen molar-refractivity contribution >= 4 is 23.1 Å². The van der Waals surface area contributed by atoms with E-state index in [9.17, 15) is 4.79 Å². The summed E-state index contributed by atoms with van der Waals surface area (Å²) < 4.78 is 0. The number of hydrogen-bond donors (Lipinski definition) is 1. The van der Waals surface area contributed by atoms with Crippen molar-refractivity contribution in [2.45, 2.75) is 33.2 Å². The Labute approximate surface area is 114 Å². The molecule has 0 bridgehead atoms. The lowest BCUT2D eigenvalue weighted by atomic mass is 10.1. The van der Waals surface area contributed by atoms with Crippen LogP contribution in [0.5, 0.6) is 0 Å². The minimum atomic E-state index is 0.0587. The van der Waals surface area contributed by atoms with Gasteiger partial charge in [-0.1, -0.05) is 42.0 Å². The second-order valence-corrected chi connectivity index (χ2v) is 5.27. The summed E-state index contributed by atoms with van der Waals surface area (Å²) in [5.74, 6) is 0.0587. The summed E-state index contributed by atoms with van der Waals surface area (Å²) in [5.41, 5.74) is 7.70. The lowest BCUT2D eigenvalue weighted by Gasteiger charge is -2.26. The van der Waals surface area contributed by atoms with Crippen LogP contribution in [0.2, 0.25) is 0 Å². The second kappa shape index (κ2) is 6.50. The number of carbonyl (C=O) groups excluding carboxylic acids is 1. The van der Waals surface area contributed by atoms with Crippen LogP contribution in [0.4, 0.5) is 0 Å². The van der Waals surface area contributed by atoms with Crippen LogP contribution < -0.4 is 5.73 Å². The van der Waals surface area contributed by atoms with Gasteiger partial charge in [-0.25, -0.2) is 0 Å². The van der Waals surface area contributed by atoms with E-state index in [2.05, 4.69) is 0 Å². The smallest absolute Gasteiger partial charge is 0.227 e. The fourth-order valence-corrected chi connectivity index (χ4v) is 1.96. The number of aryl methyl sites for hydroxylation is 1. The first-order chi connectivity index (χ1) is 8.40. The van der Waals surface area contributed by atoms with Gasteiger partial charge in [0, 0.05) is 6.04 Å². The van der Waals surface area contributed by atoms with Gasteiger partial charge in [0.05, 0.1) is 18.0 Å². The molecular formula is C14H20N2OS. The third-order valence-corrected chi connectivity index (χ3v) is 2.84. The molecule has 0 fully saturated rings. The van der Waals surface area contributed by atoms with Gasteiger partial charge in [0.15, 0.2) is 0 Å². The fourth-order valence-electron chi connectivity index (χ4n) is 1.82. The largest absolute Gasteiger partial charge is 0.392 e. The summed E-state index contributed by atoms with van der Waals surface area (Å²) in [5, 5.41) is 0. The number of nitrogens with two attached hydrogens (primary N) is 1. The molecule has 0 aliphatic heterocycles. The molecule has 1 aromatic carbocycles. The summed E-state index contributed by atoms with van der Waals surface area (Å²) in [6.07, 6.45) is 0.391. The Morgan fingerprint density at radius 3 is 2.61 bits per heavy atom. The predicted molar refractivity (Wildman–Crippen MR) is 78.5 cm³/mol. The van der Waals surface area contributed by atoms with Gasteiger partial charge in [-0.15, -0.1) is 0 Å². The van der Waals surface area contributed by atoms with Crippen molar-refractivity contribution in [1.29, 1.82) is 0 Å². The van der Waals surface area contributed by atoms with Crippen molar-refractivity contribution in [3.05, 3.63) is 35.4 Å². The average molecular weight is 264 g/mol. The van der Waals surface area contributed by atoms with Crippen LogP contribution >= 0.6 is 12.2 Å². The highest BCUT2D eigenvalue weighted by Crippen LogP contribution is 2.08. The zero-order valence-electron chi connectivity index (χ0n) is 11.1. The molecule has 2 N–H and O–H groups in total. The van der Waals surface area contributed by atoms with Crippen LogP contribution in [0, 0.1) is 6.92 Å². The number of hydrogen-bond acceptors (Lipinski definition) is 2. The number of nitrogens with zero attached hydrogens (tertiary/aromatic N) is 1. The van der Waals surface area contributed by atoms with Gasteiger partial charge in [-0.2, -0.15) is 0 Å². The van der Waals surface area contributed by atoms with E-state index in [-0.39, 0.29) is 11.9 Å².